The highest BCUT2D eigenvalue weighted by Crippen LogP contribution is 2.29. The molecule has 0 aromatic carbocycles. The molecule has 0 aliphatic carbocycles. The Morgan fingerprint density at radius 3 is 2.59 bits per heavy atom. The lowest BCUT2D eigenvalue weighted by molar-refractivity contribution is -0.390. The zero-order chi connectivity index (χ0) is 13.0. The highest BCUT2D eigenvalue weighted by Gasteiger charge is 2.26. The monoisotopic (exact) mass is 238 g/mol. The summed E-state index contributed by atoms with van der Waals surface area (Å²) in [6, 6.07) is 3.76. The van der Waals surface area contributed by atoms with Crippen molar-refractivity contribution in [3.63, 3.8) is 0 Å². The van der Waals surface area contributed by atoms with Crippen LogP contribution in [-0.4, -0.2) is 9.91 Å². The molecule has 0 saturated carbocycles. The second kappa shape index (κ2) is 4.94. The largest absolute Gasteiger partial charge is 0.369 e. The highest BCUT2D eigenvalue weighted by molar-refractivity contribution is 5.46. The topological polar surface area (TPSA) is 104 Å². The second-order valence-electron chi connectivity index (χ2n) is 2.90. The zero-order valence-corrected chi connectivity index (χ0v) is 8.22. The zero-order valence-electron chi connectivity index (χ0n) is 8.22. The number of pyridine rings is 1. The maximum absolute atomic E-state index is 12.6. The Labute approximate surface area is 93.9 Å². The van der Waals surface area contributed by atoms with E-state index in [1.165, 1.54) is 6.07 Å². The van der Waals surface area contributed by atoms with E-state index >= 15 is 0 Å². The minimum atomic E-state index is -3.01. The van der Waals surface area contributed by atoms with Crippen LogP contribution in [0.2, 0.25) is 0 Å². The minimum absolute atomic E-state index is 0.452. The lowest BCUT2D eigenvalue weighted by Crippen LogP contribution is -2.05. The van der Waals surface area contributed by atoms with Gasteiger partial charge in [0, 0.05) is 11.6 Å². The average Bonchev–Trinajstić information content (AvgIpc) is 2.28. The molecule has 1 heterocycles. The van der Waals surface area contributed by atoms with Gasteiger partial charge in [0.1, 0.15) is 6.07 Å². The first-order chi connectivity index (χ1) is 8.01. The number of aromatic nitrogens is 1. The average molecular weight is 238 g/mol. The smallest absolute Gasteiger partial charge is 0.358 e. The van der Waals surface area contributed by atoms with Gasteiger partial charge >= 0.3 is 5.82 Å². The SMILES string of the molecule is N#CCc1c(C(F)F)cc(C#N)nc1[N+](=O)[O-]. The summed E-state index contributed by atoms with van der Waals surface area (Å²) in [6.07, 6.45) is -3.57. The molecule has 0 unspecified atom stereocenters. The molecule has 0 radical (unpaired) electrons. The van der Waals surface area contributed by atoms with E-state index in [2.05, 4.69) is 4.98 Å². The van der Waals surface area contributed by atoms with Gasteiger partial charge in [-0.25, -0.2) is 8.78 Å². The number of hydrogen-bond acceptors (Lipinski definition) is 5. The molecule has 0 aliphatic rings. The van der Waals surface area contributed by atoms with Gasteiger partial charge in [-0.3, -0.25) is 0 Å². The van der Waals surface area contributed by atoms with Gasteiger partial charge in [-0.2, -0.15) is 10.5 Å². The van der Waals surface area contributed by atoms with E-state index in [0.717, 1.165) is 6.07 Å². The highest BCUT2D eigenvalue weighted by atomic mass is 19.3. The van der Waals surface area contributed by atoms with Gasteiger partial charge in [0.05, 0.1) is 18.1 Å². The summed E-state index contributed by atoms with van der Waals surface area (Å²) in [5.41, 5.74) is -1.63. The van der Waals surface area contributed by atoms with Crippen molar-refractivity contribution in [1.29, 1.82) is 10.5 Å². The molecule has 0 fully saturated rings. The molecule has 1 aromatic heterocycles. The molecule has 17 heavy (non-hydrogen) atoms. The number of nitro groups is 1. The van der Waals surface area contributed by atoms with Crippen molar-refractivity contribution < 1.29 is 13.7 Å². The van der Waals surface area contributed by atoms with E-state index in [1.54, 1.807) is 6.07 Å². The number of hydrogen-bond donors (Lipinski definition) is 0. The van der Waals surface area contributed by atoms with Crippen molar-refractivity contribution in [3.05, 3.63) is 33.0 Å². The Balaban J connectivity index is 3.57. The van der Waals surface area contributed by atoms with Crippen LogP contribution in [-0.2, 0) is 6.42 Å². The summed E-state index contributed by atoms with van der Waals surface area (Å²) < 4.78 is 25.3. The summed E-state index contributed by atoms with van der Waals surface area (Å²) in [7, 11) is 0. The Morgan fingerprint density at radius 1 is 1.53 bits per heavy atom. The lowest BCUT2D eigenvalue weighted by Gasteiger charge is -2.05. The first kappa shape index (κ1) is 12.5. The van der Waals surface area contributed by atoms with Gasteiger partial charge in [0.15, 0.2) is 0 Å². The fourth-order valence-corrected chi connectivity index (χ4v) is 1.24. The van der Waals surface area contributed by atoms with E-state index in [-0.39, 0.29) is 0 Å². The summed E-state index contributed by atoms with van der Waals surface area (Å²) in [4.78, 5) is 12.9. The molecule has 0 atom stereocenters. The lowest BCUT2D eigenvalue weighted by atomic mass is 10.1. The maximum atomic E-state index is 12.6. The normalized spacial score (nSPS) is 9.71. The quantitative estimate of drug-likeness (QED) is 0.590. The Morgan fingerprint density at radius 2 is 2.18 bits per heavy atom. The van der Waals surface area contributed by atoms with Crippen LogP contribution in [0.1, 0.15) is 23.2 Å². The maximum Gasteiger partial charge on any atom is 0.369 e. The van der Waals surface area contributed by atoms with Gasteiger partial charge in [0.2, 0.25) is 0 Å². The number of halogens is 2. The standard InChI is InChI=1S/C9H4F2N4O2/c10-8(11)7-3-5(4-13)14-9(15(16)17)6(7)1-2-12/h3,8H,1H2. The molecule has 8 heteroatoms. The van der Waals surface area contributed by atoms with Crippen molar-refractivity contribution in [1.82, 2.24) is 4.98 Å². The molecule has 0 N–H and O–H groups in total. The minimum Gasteiger partial charge on any atom is -0.358 e. The molecule has 0 spiro atoms. The molecule has 0 aliphatic heterocycles. The van der Waals surface area contributed by atoms with Crippen LogP contribution in [0.15, 0.2) is 6.07 Å². The fraction of sp³-hybridized carbons (Fsp3) is 0.222. The van der Waals surface area contributed by atoms with Crippen LogP contribution >= 0.6 is 0 Å². The first-order valence-corrected chi connectivity index (χ1v) is 4.24. The van der Waals surface area contributed by atoms with Gasteiger partial charge in [-0.05, 0) is 9.91 Å². The van der Waals surface area contributed by atoms with Crippen molar-refractivity contribution in [2.75, 3.05) is 0 Å². The van der Waals surface area contributed by atoms with E-state index in [0.29, 0.717) is 0 Å². The van der Waals surface area contributed by atoms with Crippen LogP contribution in [0.4, 0.5) is 14.6 Å². The number of rotatable bonds is 3. The molecule has 86 valence electrons. The second-order valence-corrected chi connectivity index (χ2v) is 2.90. The third-order valence-corrected chi connectivity index (χ3v) is 1.92. The summed E-state index contributed by atoms with van der Waals surface area (Å²) >= 11 is 0. The van der Waals surface area contributed by atoms with Gasteiger partial charge < -0.3 is 10.1 Å². The first-order valence-electron chi connectivity index (χ1n) is 4.24. The van der Waals surface area contributed by atoms with Crippen LogP contribution in [0.3, 0.4) is 0 Å². The number of nitriles is 2. The van der Waals surface area contributed by atoms with Gasteiger partial charge in [0.25, 0.3) is 12.1 Å². The molecular formula is C9H4F2N4O2. The van der Waals surface area contributed by atoms with E-state index < -0.39 is 40.4 Å². The predicted molar refractivity (Wildman–Crippen MR) is 49.9 cm³/mol. The summed E-state index contributed by atoms with van der Waals surface area (Å²) in [6.45, 7) is 0. The summed E-state index contributed by atoms with van der Waals surface area (Å²) in [5.74, 6) is -0.874. The molecule has 0 saturated heterocycles. The predicted octanol–water partition coefficient (Wildman–Crippen LogP) is 1.87. The molecule has 0 amide bonds. The number of alkyl halides is 2. The third-order valence-electron chi connectivity index (χ3n) is 1.92. The molecule has 1 rings (SSSR count). The Hall–Kier alpha value is -2.61. The van der Waals surface area contributed by atoms with Crippen molar-refractivity contribution in [3.8, 4) is 12.1 Å². The molecule has 0 bridgehead atoms. The van der Waals surface area contributed by atoms with E-state index in [4.69, 9.17) is 10.5 Å². The van der Waals surface area contributed by atoms with Crippen molar-refractivity contribution in [2.45, 2.75) is 12.8 Å². The van der Waals surface area contributed by atoms with Crippen LogP contribution in [0.5, 0.6) is 0 Å². The van der Waals surface area contributed by atoms with E-state index in [1.807, 2.05) is 0 Å². The van der Waals surface area contributed by atoms with Crippen molar-refractivity contribution >= 4 is 5.82 Å². The molecular weight excluding hydrogens is 234 g/mol. The number of nitrogens with zero attached hydrogens (tertiary/aromatic N) is 4. The molecule has 1 aromatic rings. The van der Waals surface area contributed by atoms with Gasteiger partial charge in [-0.15, -0.1) is 0 Å². The van der Waals surface area contributed by atoms with Crippen molar-refractivity contribution in [2.24, 2.45) is 0 Å². The fourth-order valence-electron chi connectivity index (χ4n) is 1.24. The van der Waals surface area contributed by atoms with Crippen LogP contribution in [0, 0.1) is 32.8 Å². The third kappa shape index (κ3) is 2.49. The Bertz CT molecular complexity index is 545. The van der Waals surface area contributed by atoms with Crippen LogP contribution < -0.4 is 0 Å². The van der Waals surface area contributed by atoms with E-state index in [9.17, 15) is 18.9 Å². The summed E-state index contributed by atoms with van der Waals surface area (Å²) in [5, 5.41) is 27.6. The Kier molecular flexibility index (Phi) is 3.62. The van der Waals surface area contributed by atoms with Crippen LogP contribution in [0.25, 0.3) is 0 Å². The van der Waals surface area contributed by atoms with Gasteiger partial charge in [-0.1, -0.05) is 0 Å². The molecule has 6 nitrogen and oxygen atoms in total.